The van der Waals surface area contributed by atoms with Crippen LogP contribution < -0.4 is 0 Å². The summed E-state index contributed by atoms with van der Waals surface area (Å²) in [7, 11) is 1.35. The molecule has 0 amide bonds. The van der Waals surface area contributed by atoms with Crippen LogP contribution in [-0.2, 0) is 20.9 Å². The molecule has 0 heterocycles. The number of hydrogen-bond acceptors (Lipinski definition) is 3. The molecule has 0 aliphatic rings. The molecule has 0 aliphatic carbocycles. The second-order valence-corrected chi connectivity index (χ2v) is 5.16. The molecular formula is C11H12Br2O3. The number of rotatable bonds is 5. The molecular weight excluding hydrogens is 340 g/mol. The summed E-state index contributed by atoms with van der Waals surface area (Å²) in [6.45, 7) is 0.762. The number of benzene rings is 1. The van der Waals surface area contributed by atoms with Crippen LogP contribution in [-0.4, -0.2) is 24.5 Å². The maximum atomic E-state index is 11.1. The van der Waals surface area contributed by atoms with E-state index in [1.165, 1.54) is 7.11 Å². The zero-order valence-corrected chi connectivity index (χ0v) is 12.0. The molecule has 0 fully saturated rings. The summed E-state index contributed by atoms with van der Waals surface area (Å²) in [5, 5.41) is 0. The second-order valence-electron chi connectivity index (χ2n) is 3.14. The average Bonchev–Trinajstić information content (AvgIpc) is 2.28. The summed E-state index contributed by atoms with van der Waals surface area (Å²) < 4.78 is 11.0. The van der Waals surface area contributed by atoms with Crippen molar-refractivity contribution in [2.75, 3.05) is 13.7 Å². The van der Waals surface area contributed by atoms with E-state index in [1.54, 1.807) is 0 Å². The summed E-state index contributed by atoms with van der Waals surface area (Å²) in [4.78, 5) is 10.6. The van der Waals surface area contributed by atoms with Crippen molar-refractivity contribution < 1.29 is 14.3 Å². The van der Waals surface area contributed by atoms with E-state index < -0.39 is 4.83 Å². The molecule has 0 radical (unpaired) electrons. The molecule has 0 N–H and O–H groups in total. The molecule has 1 atom stereocenters. The molecule has 1 aromatic rings. The molecule has 0 aliphatic heterocycles. The minimum atomic E-state index is -0.412. The van der Waals surface area contributed by atoms with E-state index in [4.69, 9.17) is 4.74 Å². The fraction of sp³-hybridized carbons (Fsp3) is 0.364. The first-order valence-electron chi connectivity index (χ1n) is 4.67. The fourth-order valence-corrected chi connectivity index (χ4v) is 1.92. The first-order valence-corrected chi connectivity index (χ1v) is 6.38. The third-order valence-corrected chi connectivity index (χ3v) is 3.01. The van der Waals surface area contributed by atoms with Crippen molar-refractivity contribution in [2.45, 2.75) is 11.4 Å². The van der Waals surface area contributed by atoms with Crippen molar-refractivity contribution in [1.29, 1.82) is 0 Å². The number of esters is 1. The average molecular weight is 352 g/mol. The van der Waals surface area contributed by atoms with Crippen LogP contribution >= 0.6 is 31.9 Å². The summed E-state index contributed by atoms with van der Waals surface area (Å²) in [6, 6.07) is 7.83. The third-order valence-electron chi connectivity index (χ3n) is 1.88. The molecule has 0 saturated heterocycles. The van der Waals surface area contributed by atoms with Crippen molar-refractivity contribution in [3.05, 3.63) is 34.3 Å². The van der Waals surface area contributed by atoms with Crippen molar-refractivity contribution >= 4 is 37.8 Å². The molecule has 1 rings (SSSR count). The third kappa shape index (κ3) is 4.63. The normalized spacial score (nSPS) is 12.2. The van der Waals surface area contributed by atoms with Crippen LogP contribution in [0.4, 0.5) is 0 Å². The monoisotopic (exact) mass is 350 g/mol. The Morgan fingerprint density at radius 3 is 2.88 bits per heavy atom. The van der Waals surface area contributed by atoms with Gasteiger partial charge in [-0.15, -0.1) is 0 Å². The first kappa shape index (κ1) is 13.7. The summed E-state index contributed by atoms with van der Waals surface area (Å²) in [6.07, 6.45) is 0. The lowest BCUT2D eigenvalue weighted by atomic mass is 10.2. The summed E-state index contributed by atoms with van der Waals surface area (Å²) >= 11 is 6.56. The van der Waals surface area contributed by atoms with E-state index in [2.05, 4.69) is 36.6 Å². The van der Waals surface area contributed by atoms with Gasteiger partial charge < -0.3 is 9.47 Å². The maximum Gasteiger partial charge on any atom is 0.321 e. The van der Waals surface area contributed by atoms with E-state index in [0.29, 0.717) is 13.2 Å². The molecule has 0 bridgehead atoms. The Morgan fingerprint density at radius 2 is 2.25 bits per heavy atom. The van der Waals surface area contributed by atoms with Crippen LogP contribution in [0.25, 0.3) is 0 Å². The van der Waals surface area contributed by atoms with Crippen LogP contribution in [0.3, 0.4) is 0 Å². The van der Waals surface area contributed by atoms with Gasteiger partial charge in [0.1, 0.15) is 4.83 Å². The first-order chi connectivity index (χ1) is 7.63. The quantitative estimate of drug-likeness (QED) is 0.604. The van der Waals surface area contributed by atoms with Gasteiger partial charge in [-0.25, -0.2) is 0 Å². The Hall–Kier alpha value is -0.390. The number of halogens is 2. The van der Waals surface area contributed by atoms with Gasteiger partial charge in [-0.1, -0.05) is 44.0 Å². The summed E-state index contributed by atoms with van der Waals surface area (Å²) in [5.74, 6) is -0.325. The topological polar surface area (TPSA) is 35.5 Å². The zero-order valence-electron chi connectivity index (χ0n) is 8.78. The van der Waals surface area contributed by atoms with Crippen molar-refractivity contribution in [2.24, 2.45) is 0 Å². The van der Waals surface area contributed by atoms with Crippen molar-refractivity contribution in [3.63, 3.8) is 0 Å². The SMILES string of the molecule is COC(=O)C(Br)COCc1cccc(Br)c1. The lowest BCUT2D eigenvalue weighted by Gasteiger charge is -2.08. The predicted molar refractivity (Wildman–Crippen MR) is 68.5 cm³/mol. The van der Waals surface area contributed by atoms with Crippen molar-refractivity contribution in [1.82, 2.24) is 0 Å². The summed E-state index contributed by atoms with van der Waals surface area (Å²) in [5.41, 5.74) is 1.05. The number of ether oxygens (including phenoxy) is 2. The van der Waals surface area contributed by atoms with E-state index in [9.17, 15) is 4.79 Å². The molecule has 1 unspecified atom stereocenters. The highest BCUT2D eigenvalue weighted by molar-refractivity contribution is 9.10. The Kier molecular flexibility index (Phi) is 6.01. The highest BCUT2D eigenvalue weighted by Gasteiger charge is 2.14. The number of alkyl halides is 1. The molecule has 16 heavy (non-hydrogen) atoms. The molecule has 0 saturated carbocycles. The van der Waals surface area contributed by atoms with E-state index in [1.807, 2.05) is 24.3 Å². The standard InChI is InChI=1S/C11H12Br2O3/c1-15-11(14)10(13)7-16-6-8-3-2-4-9(12)5-8/h2-5,10H,6-7H2,1H3. The van der Waals surface area contributed by atoms with Gasteiger partial charge in [-0.05, 0) is 17.7 Å². The van der Waals surface area contributed by atoms with Gasteiger partial charge in [-0.2, -0.15) is 0 Å². The predicted octanol–water partition coefficient (Wildman–Crippen LogP) is 2.90. The minimum Gasteiger partial charge on any atom is -0.468 e. The molecule has 0 spiro atoms. The highest BCUT2D eigenvalue weighted by Crippen LogP contribution is 2.13. The minimum absolute atomic E-state index is 0.291. The lowest BCUT2D eigenvalue weighted by molar-refractivity contribution is -0.141. The Balaban J connectivity index is 2.33. The van der Waals surface area contributed by atoms with Gasteiger partial charge in [-0.3, -0.25) is 4.79 Å². The van der Waals surface area contributed by atoms with Crippen LogP contribution in [0.1, 0.15) is 5.56 Å². The van der Waals surface area contributed by atoms with Crippen LogP contribution in [0.2, 0.25) is 0 Å². The number of carbonyl (C=O) groups excluding carboxylic acids is 1. The highest BCUT2D eigenvalue weighted by atomic mass is 79.9. The number of carbonyl (C=O) groups is 1. The zero-order chi connectivity index (χ0) is 12.0. The van der Waals surface area contributed by atoms with Gasteiger partial charge in [0.25, 0.3) is 0 Å². The van der Waals surface area contributed by atoms with Crippen LogP contribution in [0, 0.1) is 0 Å². The molecule has 5 heteroatoms. The van der Waals surface area contributed by atoms with Gasteiger partial charge in [0.05, 0.1) is 20.3 Å². The maximum absolute atomic E-state index is 11.1. The lowest BCUT2D eigenvalue weighted by Crippen LogP contribution is -2.21. The Labute approximate surface area is 111 Å². The van der Waals surface area contributed by atoms with E-state index in [-0.39, 0.29) is 5.97 Å². The Morgan fingerprint density at radius 1 is 1.50 bits per heavy atom. The Bertz CT molecular complexity index is 355. The fourth-order valence-electron chi connectivity index (χ4n) is 1.10. The smallest absolute Gasteiger partial charge is 0.321 e. The molecule has 1 aromatic carbocycles. The van der Waals surface area contributed by atoms with E-state index >= 15 is 0 Å². The van der Waals surface area contributed by atoms with Crippen LogP contribution in [0.15, 0.2) is 28.7 Å². The van der Waals surface area contributed by atoms with Gasteiger partial charge in [0.15, 0.2) is 0 Å². The van der Waals surface area contributed by atoms with Gasteiger partial charge in [0.2, 0.25) is 0 Å². The second kappa shape index (κ2) is 7.04. The molecule has 88 valence electrons. The number of methoxy groups -OCH3 is 1. The van der Waals surface area contributed by atoms with Crippen molar-refractivity contribution in [3.8, 4) is 0 Å². The largest absolute Gasteiger partial charge is 0.468 e. The van der Waals surface area contributed by atoms with Crippen LogP contribution in [0.5, 0.6) is 0 Å². The van der Waals surface area contributed by atoms with Gasteiger partial charge >= 0.3 is 5.97 Å². The number of hydrogen-bond donors (Lipinski definition) is 0. The van der Waals surface area contributed by atoms with Gasteiger partial charge in [0, 0.05) is 4.47 Å². The van der Waals surface area contributed by atoms with E-state index in [0.717, 1.165) is 10.0 Å². The molecule has 3 nitrogen and oxygen atoms in total. The molecule has 0 aromatic heterocycles.